The summed E-state index contributed by atoms with van der Waals surface area (Å²) in [6.07, 6.45) is 1.43. The lowest BCUT2D eigenvalue weighted by atomic mass is 10.1. The largest absolute Gasteiger partial charge is 0.490 e. The van der Waals surface area contributed by atoms with Gasteiger partial charge in [0.1, 0.15) is 0 Å². The second kappa shape index (κ2) is 6.16. The molecule has 1 aromatic carbocycles. The molecule has 2 heterocycles. The summed E-state index contributed by atoms with van der Waals surface area (Å²) in [7, 11) is -2.91. The number of hydrogen-bond donors (Lipinski definition) is 1. The Labute approximate surface area is 129 Å². The Kier molecular flexibility index (Phi) is 4.24. The standard InChI is InChI=1S/C15H19NO5S/c17-15(16-9-11-4-7-22(18,19)10-11)12-2-3-13-14(8-12)21-6-1-5-20-13/h2-3,8,11H,1,4-7,9-10H2,(H,16,17). The minimum absolute atomic E-state index is 0.00867. The van der Waals surface area contributed by atoms with Crippen LogP contribution < -0.4 is 14.8 Å². The number of fused-ring (bicyclic) bond motifs is 1. The lowest BCUT2D eigenvalue weighted by Gasteiger charge is -2.11. The highest BCUT2D eigenvalue weighted by Crippen LogP contribution is 2.30. The molecular formula is C15H19NO5S. The molecular weight excluding hydrogens is 306 g/mol. The van der Waals surface area contributed by atoms with Crippen LogP contribution >= 0.6 is 0 Å². The summed E-state index contributed by atoms with van der Waals surface area (Å²) in [5, 5.41) is 2.80. The molecule has 0 bridgehead atoms. The van der Waals surface area contributed by atoms with Gasteiger partial charge in [0.2, 0.25) is 0 Å². The number of rotatable bonds is 3. The van der Waals surface area contributed by atoms with Crippen molar-refractivity contribution in [2.24, 2.45) is 5.92 Å². The van der Waals surface area contributed by atoms with Crippen LogP contribution in [0, 0.1) is 5.92 Å². The molecule has 2 aliphatic heterocycles. The zero-order valence-electron chi connectivity index (χ0n) is 12.2. The lowest BCUT2D eigenvalue weighted by Crippen LogP contribution is -2.29. The van der Waals surface area contributed by atoms with Gasteiger partial charge in [-0.15, -0.1) is 0 Å². The van der Waals surface area contributed by atoms with Gasteiger partial charge in [-0.2, -0.15) is 0 Å². The van der Waals surface area contributed by atoms with E-state index in [1.807, 2.05) is 0 Å². The molecule has 1 saturated heterocycles. The van der Waals surface area contributed by atoms with Crippen LogP contribution in [-0.2, 0) is 9.84 Å². The predicted octanol–water partition coefficient (Wildman–Crippen LogP) is 1.01. The number of amides is 1. The molecule has 1 unspecified atom stereocenters. The number of carbonyl (C=O) groups is 1. The molecule has 22 heavy (non-hydrogen) atoms. The quantitative estimate of drug-likeness (QED) is 0.897. The Morgan fingerprint density at radius 1 is 1.23 bits per heavy atom. The van der Waals surface area contributed by atoms with Crippen molar-refractivity contribution in [2.45, 2.75) is 12.8 Å². The number of ether oxygens (including phenoxy) is 2. The van der Waals surface area contributed by atoms with Crippen molar-refractivity contribution in [2.75, 3.05) is 31.3 Å². The van der Waals surface area contributed by atoms with Crippen molar-refractivity contribution < 1.29 is 22.7 Å². The summed E-state index contributed by atoms with van der Waals surface area (Å²) >= 11 is 0. The van der Waals surface area contributed by atoms with Crippen LogP contribution in [0.1, 0.15) is 23.2 Å². The molecule has 1 amide bonds. The second-order valence-electron chi connectivity index (χ2n) is 5.69. The number of hydrogen-bond acceptors (Lipinski definition) is 5. The fourth-order valence-corrected chi connectivity index (χ4v) is 4.54. The molecule has 3 rings (SSSR count). The molecule has 0 saturated carbocycles. The summed E-state index contributed by atoms with van der Waals surface area (Å²) < 4.78 is 33.9. The maximum absolute atomic E-state index is 12.2. The van der Waals surface area contributed by atoms with Gasteiger partial charge in [-0.3, -0.25) is 4.79 Å². The highest BCUT2D eigenvalue weighted by molar-refractivity contribution is 7.91. The Hall–Kier alpha value is -1.76. The van der Waals surface area contributed by atoms with Gasteiger partial charge >= 0.3 is 0 Å². The number of carbonyl (C=O) groups excluding carboxylic acids is 1. The van der Waals surface area contributed by atoms with Crippen molar-refractivity contribution >= 4 is 15.7 Å². The summed E-state index contributed by atoms with van der Waals surface area (Å²) in [5.41, 5.74) is 0.491. The molecule has 1 fully saturated rings. The van der Waals surface area contributed by atoms with E-state index >= 15 is 0 Å². The maximum atomic E-state index is 12.2. The normalized spacial score (nSPS) is 22.8. The average Bonchev–Trinajstić information content (AvgIpc) is 2.71. The zero-order chi connectivity index (χ0) is 15.6. The van der Waals surface area contributed by atoms with Gasteiger partial charge in [0, 0.05) is 18.5 Å². The Balaban J connectivity index is 1.62. The first-order valence-corrected chi connectivity index (χ1v) is 9.24. The van der Waals surface area contributed by atoms with E-state index in [4.69, 9.17) is 9.47 Å². The molecule has 0 spiro atoms. The molecule has 0 radical (unpaired) electrons. The molecule has 6 nitrogen and oxygen atoms in total. The minimum Gasteiger partial charge on any atom is -0.490 e. The highest BCUT2D eigenvalue weighted by atomic mass is 32.2. The minimum atomic E-state index is -2.91. The van der Waals surface area contributed by atoms with Gasteiger partial charge in [-0.05, 0) is 30.5 Å². The fourth-order valence-electron chi connectivity index (χ4n) is 2.68. The van der Waals surface area contributed by atoms with Crippen LogP contribution in [0.5, 0.6) is 11.5 Å². The van der Waals surface area contributed by atoms with Crippen LogP contribution in [0.3, 0.4) is 0 Å². The van der Waals surface area contributed by atoms with Gasteiger partial charge in [0.05, 0.1) is 24.7 Å². The van der Waals surface area contributed by atoms with Crippen LogP contribution in [0.2, 0.25) is 0 Å². The molecule has 0 aromatic heterocycles. The maximum Gasteiger partial charge on any atom is 0.251 e. The molecule has 1 atom stereocenters. The summed E-state index contributed by atoms with van der Waals surface area (Å²) in [6.45, 7) is 1.55. The summed E-state index contributed by atoms with van der Waals surface area (Å²) in [6, 6.07) is 5.09. The third kappa shape index (κ3) is 3.52. The fraction of sp³-hybridized carbons (Fsp3) is 0.533. The van der Waals surface area contributed by atoms with Crippen molar-refractivity contribution in [3.63, 3.8) is 0 Å². The topological polar surface area (TPSA) is 81.7 Å². The molecule has 1 N–H and O–H groups in total. The predicted molar refractivity (Wildman–Crippen MR) is 81.1 cm³/mol. The molecule has 1 aromatic rings. The van der Waals surface area contributed by atoms with Crippen LogP contribution in [0.15, 0.2) is 18.2 Å². The van der Waals surface area contributed by atoms with E-state index in [-0.39, 0.29) is 23.3 Å². The highest BCUT2D eigenvalue weighted by Gasteiger charge is 2.28. The average molecular weight is 325 g/mol. The van der Waals surface area contributed by atoms with Crippen molar-refractivity contribution in [1.29, 1.82) is 0 Å². The van der Waals surface area contributed by atoms with Gasteiger partial charge in [0.25, 0.3) is 5.91 Å². The Morgan fingerprint density at radius 2 is 2.00 bits per heavy atom. The van der Waals surface area contributed by atoms with Crippen molar-refractivity contribution in [1.82, 2.24) is 5.32 Å². The van der Waals surface area contributed by atoms with Crippen molar-refractivity contribution in [3.05, 3.63) is 23.8 Å². The van der Waals surface area contributed by atoms with Gasteiger partial charge in [0.15, 0.2) is 21.3 Å². The third-order valence-corrected chi connectivity index (χ3v) is 5.72. The van der Waals surface area contributed by atoms with Gasteiger partial charge < -0.3 is 14.8 Å². The van der Waals surface area contributed by atoms with Crippen molar-refractivity contribution in [3.8, 4) is 11.5 Å². The molecule has 120 valence electrons. The molecule has 2 aliphatic rings. The van der Waals surface area contributed by atoms with Gasteiger partial charge in [-0.1, -0.05) is 0 Å². The van der Waals surface area contributed by atoms with E-state index in [0.717, 1.165) is 6.42 Å². The van der Waals surface area contributed by atoms with Crippen LogP contribution in [0.25, 0.3) is 0 Å². The van der Waals surface area contributed by atoms with E-state index in [0.29, 0.717) is 43.2 Å². The number of nitrogens with one attached hydrogen (secondary N) is 1. The summed E-state index contributed by atoms with van der Waals surface area (Å²) in [5.74, 6) is 1.39. The van der Waals surface area contributed by atoms with E-state index in [9.17, 15) is 13.2 Å². The lowest BCUT2D eigenvalue weighted by molar-refractivity contribution is 0.0948. The van der Waals surface area contributed by atoms with E-state index in [2.05, 4.69) is 5.32 Å². The van der Waals surface area contributed by atoms with E-state index in [1.54, 1.807) is 18.2 Å². The SMILES string of the molecule is O=C(NCC1CCS(=O)(=O)C1)c1ccc2c(c1)OCCCO2. The first-order valence-electron chi connectivity index (χ1n) is 7.42. The van der Waals surface area contributed by atoms with Gasteiger partial charge in [-0.25, -0.2) is 8.42 Å². The first-order chi connectivity index (χ1) is 10.5. The summed E-state index contributed by atoms with van der Waals surface area (Å²) in [4.78, 5) is 12.2. The van der Waals surface area contributed by atoms with Crippen LogP contribution in [-0.4, -0.2) is 45.6 Å². The third-order valence-electron chi connectivity index (χ3n) is 3.89. The van der Waals surface area contributed by atoms with Crippen LogP contribution in [0.4, 0.5) is 0 Å². The second-order valence-corrected chi connectivity index (χ2v) is 7.92. The molecule has 0 aliphatic carbocycles. The monoisotopic (exact) mass is 325 g/mol. The smallest absolute Gasteiger partial charge is 0.251 e. The van der Waals surface area contributed by atoms with E-state index in [1.165, 1.54) is 0 Å². The number of sulfone groups is 1. The Morgan fingerprint density at radius 3 is 2.73 bits per heavy atom. The first kappa shape index (κ1) is 15.1. The Bertz CT molecular complexity index is 671. The number of benzene rings is 1. The zero-order valence-corrected chi connectivity index (χ0v) is 13.0. The molecule has 7 heteroatoms. The van der Waals surface area contributed by atoms with E-state index < -0.39 is 9.84 Å².